The van der Waals surface area contributed by atoms with Crippen LogP contribution in [0.3, 0.4) is 0 Å². The molecule has 1 heterocycles. The van der Waals surface area contributed by atoms with E-state index in [0.29, 0.717) is 13.2 Å². The first-order chi connectivity index (χ1) is 7.72. The Morgan fingerprint density at radius 2 is 2.38 bits per heavy atom. The topological polar surface area (TPSA) is 74.9 Å². The van der Waals surface area contributed by atoms with E-state index in [0.717, 1.165) is 5.76 Å². The van der Waals surface area contributed by atoms with Crippen LogP contribution in [0.15, 0.2) is 22.8 Å². The first kappa shape index (κ1) is 13.2. The molecule has 0 spiro atoms. The fourth-order valence-corrected chi connectivity index (χ4v) is 1.15. The summed E-state index contributed by atoms with van der Waals surface area (Å²) in [4.78, 5) is 0. The fraction of sp³-hybridized carbons (Fsp3) is 0.636. The molecule has 0 aromatic carbocycles. The zero-order chi connectivity index (χ0) is 11.8. The van der Waals surface area contributed by atoms with Gasteiger partial charge < -0.3 is 24.7 Å². The molecule has 2 atom stereocenters. The van der Waals surface area contributed by atoms with Gasteiger partial charge in [-0.1, -0.05) is 0 Å². The zero-order valence-corrected chi connectivity index (χ0v) is 9.43. The van der Waals surface area contributed by atoms with Crippen LogP contribution >= 0.6 is 0 Å². The van der Waals surface area contributed by atoms with Crippen LogP contribution < -0.4 is 5.32 Å². The molecule has 0 saturated heterocycles. The highest BCUT2D eigenvalue weighted by atomic mass is 16.5. The van der Waals surface area contributed by atoms with Gasteiger partial charge in [-0.2, -0.15) is 0 Å². The molecule has 1 rings (SSSR count). The van der Waals surface area contributed by atoms with E-state index in [-0.39, 0.29) is 19.3 Å². The van der Waals surface area contributed by atoms with Crippen LogP contribution in [0.2, 0.25) is 0 Å². The van der Waals surface area contributed by atoms with Gasteiger partial charge in [-0.05, 0) is 19.1 Å². The highest BCUT2D eigenvalue weighted by Gasteiger charge is 2.07. The molecular weight excluding hydrogens is 210 g/mol. The molecule has 0 bridgehead atoms. The van der Waals surface area contributed by atoms with Gasteiger partial charge in [0, 0.05) is 12.6 Å². The number of hydrogen-bond donors (Lipinski definition) is 3. The number of hydrogen-bond acceptors (Lipinski definition) is 5. The van der Waals surface area contributed by atoms with Gasteiger partial charge in [0.2, 0.25) is 0 Å². The number of aliphatic hydroxyl groups is 2. The standard InChI is InChI=1S/C11H19NO4/c1-9(6-13)12-5-10(14)7-15-8-11-3-2-4-16-11/h2-4,9-10,12-14H,5-8H2,1H3. The lowest BCUT2D eigenvalue weighted by Gasteiger charge is -2.15. The number of nitrogens with one attached hydrogen (secondary N) is 1. The Labute approximate surface area is 95.0 Å². The Hall–Kier alpha value is -0.880. The van der Waals surface area contributed by atoms with Crippen molar-refractivity contribution in [1.29, 1.82) is 0 Å². The highest BCUT2D eigenvalue weighted by Crippen LogP contribution is 2.01. The van der Waals surface area contributed by atoms with Crippen molar-refractivity contribution < 1.29 is 19.4 Å². The monoisotopic (exact) mass is 229 g/mol. The van der Waals surface area contributed by atoms with Crippen molar-refractivity contribution in [3.63, 3.8) is 0 Å². The van der Waals surface area contributed by atoms with Gasteiger partial charge in [0.05, 0.1) is 25.6 Å². The van der Waals surface area contributed by atoms with Gasteiger partial charge in [-0.15, -0.1) is 0 Å². The van der Waals surface area contributed by atoms with Gasteiger partial charge >= 0.3 is 0 Å². The van der Waals surface area contributed by atoms with Gasteiger partial charge in [0.25, 0.3) is 0 Å². The number of ether oxygens (including phenoxy) is 1. The zero-order valence-electron chi connectivity index (χ0n) is 9.43. The van der Waals surface area contributed by atoms with E-state index in [1.807, 2.05) is 13.0 Å². The van der Waals surface area contributed by atoms with Crippen molar-refractivity contribution in [1.82, 2.24) is 5.32 Å². The molecule has 0 radical (unpaired) electrons. The van der Waals surface area contributed by atoms with E-state index in [2.05, 4.69) is 5.32 Å². The van der Waals surface area contributed by atoms with Crippen LogP contribution in [0.25, 0.3) is 0 Å². The summed E-state index contributed by atoms with van der Waals surface area (Å²) in [5.41, 5.74) is 0. The molecule has 16 heavy (non-hydrogen) atoms. The van der Waals surface area contributed by atoms with Crippen molar-refractivity contribution in [3.05, 3.63) is 24.2 Å². The lowest BCUT2D eigenvalue weighted by molar-refractivity contribution is 0.0209. The van der Waals surface area contributed by atoms with Gasteiger partial charge in [0.1, 0.15) is 12.4 Å². The molecule has 3 N–H and O–H groups in total. The second kappa shape index (κ2) is 7.40. The number of furan rings is 1. The molecule has 0 aliphatic rings. The van der Waals surface area contributed by atoms with E-state index in [9.17, 15) is 5.11 Å². The van der Waals surface area contributed by atoms with E-state index in [1.165, 1.54) is 0 Å². The van der Waals surface area contributed by atoms with Crippen LogP contribution in [0, 0.1) is 0 Å². The van der Waals surface area contributed by atoms with Crippen molar-refractivity contribution in [3.8, 4) is 0 Å². The molecule has 5 heteroatoms. The normalized spacial score (nSPS) is 14.9. The molecule has 92 valence electrons. The Bertz CT molecular complexity index is 263. The van der Waals surface area contributed by atoms with Gasteiger partial charge in [0.15, 0.2) is 0 Å². The fourth-order valence-electron chi connectivity index (χ4n) is 1.15. The Morgan fingerprint density at radius 3 is 3.00 bits per heavy atom. The molecule has 0 aliphatic carbocycles. The van der Waals surface area contributed by atoms with E-state index in [1.54, 1.807) is 12.3 Å². The summed E-state index contributed by atoms with van der Waals surface area (Å²) in [7, 11) is 0. The Morgan fingerprint density at radius 1 is 1.56 bits per heavy atom. The maximum Gasteiger partial charge on any atom is 0.129 e. The molecule has 0 amide bonds. The quantitative estimate of drug-likeness (QED) is 0.590. The SMILES string of the molecule is CC(CO)NCC(O)COCc1ccco1. The smallest absolute Gasteiger partial charge is 0.129 e. The van der Waals surface area contributed by atoms with E-state index < -0.39 is 6.10 Å². The summed E-state index contributed by atoms with van der Waals surface area (Å²) < 4.78 is 10.3. The maximum absolute atomic E-state index is 9.52. The Kier molecular flexibility index (Phi) is 6.10. The lowest BCUT2D eigenvalue weighted by atomic mass is 10.3. The highest BCUT2D eigenvalue weighted by molar-refractivity contribution is 4.96. The third kappa shape index (κ3) is 5.27. The van der Waals surface area contributed by atoms with Crippen molar-refractivity contribution in [2.45, 2.75) is 25.7 Å². The molecule has 5 nitrogen and oxygen atoms in total. The number of aliphatic hydroxyl groups excluding tert-OH is 2. The molecule has 2 unspecified atom stereocenters. The summed E-state index contributed by atoms with van der Waals surface area (Å²) in [6, 6.07) is 3.60. The average Bonchev–Trinajstić information content (AvgIpc) is 2.79. The van der Waals surface area contributed by atoms with Crippen molar-refractivity contribution >= 4 is 0 Å². The number of rotatable bonds is 8. The molecule has 0 aliphatic heterocycles. The largest absolute Gasteiger partial charge is 0.467 e. The summed E-state index contributed by atoms with van der Waals surface area (Å²) in [5, 5.41) is 21.3. The average molecular weight is 229 g/mol. The van der Waals surface area contributed by atoms with Gasteiger partial charge in [-0.3, -0.25) is 0 Å². The van der Waals surface area contributed by atoms with Crippen molar-refractivity contribution in [2.75, 3.05) is 19.8 Å². The van der Waals surface area contributed by atoms with E-state index in [4.69, 9.17) is 14.3 Å². The lowest BCUT2D eigenvalue weighted by Crippen LogP contribution is -2.37. The summed E-state index contributed by atoms with van der Waals surface area (Å²) >= 11 is 0. The van der Waals surface area contributed by atoms with Gasteiger partial charge in [-0.25, -0.2) is 0 Å². The molecular formula is C11H19NO4. The second-order valence-corrected chi connectivity index (χ2v) is 3.74. The second-order valence-electron chi connectivity index (χ2n) is 3.74. The minimum absolute atomic E-state index is 0.0141. The molecule has 0 fully saturated rings. The van der Waals surface area contributed by atoms with Crippen molar-refractivity contribution in [2.24, 2.45) is 0 Å². The minimum atomic E-state index is -0.580. The molecule has 0 saturated carbocycles. The summed E-state index contributed by atoms with van der Waals surface area (Å²) in [6.07, 6.45) is 1.00. The third-order valence-corrected chi connectivity index (χ3v) is 2.11. The molecule has 1 aromatic rings. The summed E-state index contributed by atoms with van der Waals surface area (Å²) in [5.74, 6) is 0.740. The predicted molar refractivity (Wildman–Crippen MR) is 58.9 cm³/mol. The van der Waals surface area contributed by atoms with Crippen LogP contribution in [0.1, 0.15) is 12.7 Å². The van der Waals surface area contributed by atoms with Crippen LogP contribution in [0.5, 0.6) is 0 Å². The summed E-state index contributed by atoms with van der Waals surface area (Å²) in [6.45, 7) is 2.90. The minimum Gasteiger partial charge on any atom is -0.467 e. The maximum atomic E-state index is 9.52. The first-order valence-corrected chi connectivity index (χ1v) is 5.34. The van der Waals surface area contributed by atoms with Crippen LogP contribution in [-0.4, -0.2) is 42.1 Å². The van der Waals surface area contributed by atoms with Crippen LogP contribution in [0.4, 0.5) is 0 Å². The molecule has 1 aromatic heterocycles. The predicted octanol–water partition coefficient (Wildman–Crippen LogP) is 0.127. The Balaban J connectivity index is 2.04. The third-order valence-electron chi connectivity index (χ3n) is 2.11. The van der Waals surface area contributed by atoms with E-state index >= 15 is 0 Å². The van der Waals surface area contributed by atoms with Crippen LogP contribution in [-0.2, 0) is 11.3 Å². The first-order valence-electron chi connectivity index (χ1n) is 5.34.